The average Bonchev–Trinajstić information content (AvgIpc) is 3.31. The third kappa shape index (κ3) is 4.30. The molecule has 1 aromatic heterocycles. The third-order valence-corrected chi connectivity index (χ3v) is 7.14. The van der Waals surface area contributed by atoms with Crippen molar-refractivity contribution in [3.8, 4) is 17.4 Å². The van der Waals surface area contributed by atoms with Crippen LogP contribution in [0.4, 0.5) is 0 Å². The Kier molecular flexibility index (Phi) is 6.24. The Balaban J connectivity index is 1.51. The van der Waals surface area contributed by atoms with E-state index in [1.54, 1.807) is 0 Å². The van der Waals surface area contributed by atoms with Crippen molar-refractivity contribution >= 4 is 6.21 Å². The number of nitrogens with zero attached hydrogens (tertiary/aromatic N) is 3. The molecule has 5 rings (SSSR count). The van der Waals surface area contributed by atoms with Gasteiger partial charge in [0.05, 0.1) is 6.54 Å². The fourth-order valence-corrected chi connectivity index (χ4v) is 5.37. The molecule has 176 valence electrons. The van der Waals surface area contributed by atoms with Crippen LogP contribution in [0.5, 0.6) is 17.4 Å². The monoisotopic (exact) mass is 453 g/mol. The number of aliphatic imine (C=N–C) groups is 1. The Morgan fingerprint density at radius 1 is 0.909 bits per heavy atom. The second kappa shape index (κ2) is 9.45. The van der Waals surface area contributed by atoms with E-state index >= 15 is 0 Å². The minimum absolute atomic E-state index is 0.0808. The molecule has 0 unspecified atom stereocenters. The first kappa shape index (κ1) is 21.8. The number of hydrogen-bond acceptors (Lipinski definition) is 6. The summed E-state index contributed by atoms with van der Waals surface area (Å²) in [5.41, 5.74) is 0.199. The molecule has 33 heavy (non-hydrogen) atoms. The van der Waals surface area contributed by atoms with Crippen LogP contribution in [0.25, 0.3) is 0 Å². The Morgan fingerprint density at radius 2 is 1.55 bits per heavy atom. The Bertz CT molecular complexity index is 1150. The van der Waals surface area contributed by atoms with Gasteiger partial charge < -0.3 is 14.6 Å². The molecule has 1 aliphatic heterocycles. The quantitative estimate of drug-likeness (QED) is 0.689. The molecule has 0 spiro atoms. The van der Waals surface area contributed by atoms with Crippen molar-refractivity contribution in [2.75, 3.05) is 6.79 Å². The normalized spacial score (nSPS) is 19.4. The van der Waals surface area contributed by atoms with Crippen molar-refractivity contribution in [3.05, 3.63) is 50.2 Å². The fourth-order valence-electron chi connectivity index (χ4n) is 5.37. The van der Waals surface area contributed by atoms with Gasteiger partial charge in [0.2, 0.25) is 12.7 Å². The van der Waals surface area contributed by atoms with E-state index in [0.717, 1.165) is 69.8 Å². The van der Waals surface area contributed by atoms with Crippen molar-refractivity contribution in [1.29, 1.82) is 0 Å². The van der Waals surface area contributed by atoms with Crippen LogP contribution in [-0.2, 0) is 6.54 Å². The van der Waals surface area contributed by atoms with Crippen LogP contribution in [0, 0.1) is 0 Å². The maximum absolute atomic E-state index is 13.5. The molecule has 2 saturated carbocycles. The zero-order valence-electron chi connectivity index (χ0n) is 18.9. The first-order valence-electron chi connectivity index (χ1n) is 12.1. The van der Waals surface area contributed by atoms with E-state index in [9.17, 15) is 14.7 Å². The summed E-state index contributed by atoms with van der Waals surface area (Å²) in [6, 6.07) is 5.40. The van der Waals surface area contributed by atoms with E-state index in [1.165, 1.54) is 15.3 Å². The molecule has 0 amide bonds. The number of aromatic nitrogens is 2. The molecule has 2 heterocycles. The smallest absolute Gasteiger partial charge is 0.334 e. The zero-order chi connectivity index (χ0) is 22.8. The molecule has 8 nitrogen and oxygen atoms in total. The first-order chi connectivity index (χ1) is 16.1. The van der Waals surface area contributed by atoms with Crippen molar-refractivity contribution in [3.63, 3.8) is 0 Å². The highest BCUT2D eigenvalue weighted by molar-refractivity contribution is 5.82. The standard InChI is InChI=1S/C25H31N3O5/c29-23-20(15-26-14-17-11-12-21-22(13-17)33-16-32-21)24(30)28(19-9-5-2-6-10-19)25(31)27(23)18-7-3-1-4-8-18/h11-13,15,18-19,29H,1-10,14,16H2. The molecule has 3 aliphatic rings. The van der Waals surface area contributed by atoms with Gasteiger partial charge in [0.1, 0.15) is 5.56 Å². The van der Waals surface area contributed by atoms with Crippen molar-refractivity contribution in [2.45, 2.75) is 82.8 Å². The van der Waals surface area contributed by atoms with Gasteiger partial charge in [-0.1, -0.05) is 44.6 Å². The topological polar surface area (TPSA) is 95.1 Å². The fraction of sp³-hybridized carbons (Fsp3) is 0.560. The lowest BCUT2D eigenvalue weighted by Gasteiger charge is -2.29. The van der Waals surface area contributed by atoms with Gasteiger partial charge in [0.25, 0.3) is 5.56 Å². The Hall–Kier alpha value is -3.03. The maximum Gasteiger partial charge on any atom is 0.334 e. The van der Waals surface area contributed by atoms with E-state index in [4.69, 9.17) is 9.47 Å². The van der Waals surface area contributed by atoms with Crippen molar-refractivity contribution < 1.29 is 14.6 Å². The number of benzene rings is 1. The molecular formula is C25H31N3O5. The van der Waals surface area contributed by atoms with E-state index < -0.39 is 5.56 Å². The number of aromatic hydroxyl groups is 1. The van der Waals surface area contributed by atoms with Gasteiger partial charge in [0, 0.05) is 18.3 Å². The minimum Gasteiger partial charge on any atom is -0.494 e. The van der Waals surface area contributed by atoms with Gasteiger partial charge in [-0.25, -0.2) is 4.79 Å². The molecule has 0 atom stereocenters. The summed E-state index contributed by atoms with van der Waals surface area (Å²) in [4.78, 5) is 31.3. The summed E-state index contributed by atoms with van der Waals surface area (Å²) in [7, 11) is 0. The van der Waals surface area contributed by atoms with Gasteiger partial charge in [0.15, 0.2) is 11.5 Å². The SMILES string of the molecule is O=c1c(C=NCc2ccc3c(c2)OCO3)c(O)n(C2CCCCC2)c(=O)n1C1CCCCC1. The van der Waals surface area contributed by atoms with E-state index in [0.29, 0.717) is 18.0 Å². The van der Waals surface area contributed by atoms with E-state index in [2.05, 4.69) is 4.99 Å². The second-order valence-corrected chi connectivity index (χ2v) is 9.31. The van der Waals surface area contributed by atoms with Crippen molar-refractivity contribution in [1.82, 2.24) is 9.13 Å². The van der Waals surface area contributed by atoms with Gasteiger partial charge >= 0.3 is 5.69 Å². The molecule has 0 radical (unpaired) electrons. The zero-order valence-corrected chi connectivity index (χ0v) is 18.9. The summed E-state index contributed by atoms with van der Waals surface area (Å²) in [5, 5.41) is 11.1. The Labute approximate surface area is 192 Å². The van der Waals surface area contributed by atoms with Crippen LogP contribution in [-0.4, -0.2) is 27.2 Å². The van der Waals surface area contributed by atoms with Gasteiger partial charge in [-0.3, -0.25) is 18.9 Å². The summed E-state index contributed by atoms with van der Waals surface area (Å²) in [5.74, 6) is 1.13. The molecular weight excluding hydrogens is 422 g/mol. The van der Waals surface area contributed by atoms with Crippen LogP contribution >= 0.6 is 0 Å². The summed E-state index contributed by atoms with van der Waals surface area (Å²) >= 11 is 0. The van der Waals surface area contributed by atoms with Crippen LogP contribution in [0.1, 0.15) is 87.4 Å². The summed E-state index contributed by atoms with van der Waals surface area (Å²) in [6.07, 6.45) is 11.1. The molecule has 2 aromatic rings. The van der Waals surface area contributed by atoms with E-state index in [1.807, 2.05) is 18.2 Å². The molecule has 8 heteroatoms. The van der Waals surface area contributed by atoms with E-state index in [-0.39, 0.29) is 36.0 Å². The highest BCUT2D eigenvalue weighted by atomic mass is 16.7. The maximum atomic E-state index is 13.5. The highest BCUT2D eigenvalue weighted by Crippen LogP contribution is 2.33. The largest absolute Gasteiger partial charge is 0.494 e. The van der Waals surface area contributed by atoms with Gasteiger partial charge in [-0.05, 0) is 43.4 Å². The Morgan fingerprint density at radius 3 is 2.24 bits per heavy atom. The van der Waals surface area contributed by atoms with Crippen molar-refractivity contribution in [2.24, 2.45) is 4.99 Å². The first-order valence-corrected chi connectivity index (χ1v) is 12.1. The molecule has 2 fully saturated rings. The lowest BCUT2D eigenvalue weighted by Crippen LogP contribution is -2.45. The van der Waals surface area contributed by atoms with Crippen LogP contribution in [0.2, 0.25) is 0 Å². The van der Waals surface area contributed by atoms with Crippen LogP contribution in [0.3, 0.4) is 0 Å². The van der Waals surface area contributed by atoms with Gasteiger partial charge in [-0.15, -0.1) is 0 Å². The van der Waals surface area contributed by atoms with Gasteiger partial charge in [-0.2, -0.15) is 0 Å². The lowest BCUT2D eigenvalue weighted by atomic mass is 9.94. The minimum atomic E-state index is -0.439. The highest BCUT2D eigenvalue weighted by Gasteiger charge is 2.28. The van der Waals surface area contributed by atoms with Crippen LogP contribution in [0.15, 0.2) is 32.8 Å². The number of fused-ring (bicyclic) bond motifs is 1. The molecule has 1 N–H and O–H groups in total. The lowest BCUT2D eigenvalue weighted by molar-refractivity contribution is 0.174. The molecule has 1 aromatic carbocycles. The number of rotatable bonds is 5. The predicted octanol–water partition coefficient (Wildman–Crippen LogP) is 4.07. The summed E-state index contributed by atoms with van der Waals surface area (Å²) < 4.78 is 13.6. The number of ether oxygens (including phenoxy) is 2. The summed E-state index contributed by atoms with van der Waals surface area (Å²) in [6.45, 7) is 0.529. The molecule has 0 bridgehead atoms. The van der Waals surface area contributed by atoms with Crippen LogP contribution < -0.4 is 20.7 Å². The molecule has 0 saturated heterocycles. The second-order valence-electron chi connectivity index (χ2n) is 9.31. The predicted molar refractivity (Wildman–Crippen MR) is 125 cm³/mol. The average molecular weight is 454 g/mol. The third-order valence-electron chi connectivity index (χ3n) is 7.14. The molecule has 2 aliphatic carbocycles. The number of hydrogen-bond donors (Lipinski definition) is 1.